The van der Waals surface area contributed by atoms with Gasteiger partial charge in [-0.2, -0.15) is 0 Å². The molecule has 1 aromatic carbocycles. The number of likely N-dealkylation sites (tertiary alicyclic amines) is 2. The van der Waals surface area contributed by atoms with E-state index < -0.39 is 5.41 Å². The molecule has 6 heteroatoms. The zero-order valence-corrected chi connectivity index (χ0v) is 18.4. The summed E-state index contributed by atoms with van der Waals surface area (Å²) in [5.74, 6) is 0.207. The van der Waals surface area contributed by atoms with Crippen LogP contribution in [0.4, 0.5) is 0 Å². The van der Waals surface area contributed by atoms with Crippen LogP contribution in [0.15, 0.2) is 24.3 Å². The van der Waals surface area contributed by atoms with Gasteiger partial charge in [-0.05, 0) is 69.8 Å². The Morgan fingerprint density at radius 3 is 2.45 bits per heavy atom. The average molecular weight is 421 g/mol. The highest BCUT2D eigenvalue weighted by Crippen LogP contribution is 2.37. The Kier molecular flexibility index (Phi) is 7.58. The van der Waals surface area contributed by atoms with E-state index in [-0.39, 0.29) is 17.8 Å². The summed E-state index contributed by atoms with van der Waals surface area (Å²) in [6.07, 6.45) is 3.97. The third-order valence-corrected chi connectivity index (χ3v) is 6.75. The first-order valence-electron chi connectivity index (χ1n) is 10.9. The number of amides is 1. The van der Waals surface area contributed by atoms with Crippen LogP contribution in [0.1, 0.15) is 45.1 Å². The number of rotatable bonds is 6. The van der Waals surface area contributed by atoms with Gasteiger partial charge in [0.15, 0.2) is 0 Å². The molecular weight excluding hydrogens is 388 g/mol. The molecular formula is C23H33ClN2O3. The summed E-state index contributed by atoms with van der Waals surface area (Å²) in [6, 6.07) is 7.66. The molecule has 0 bridgehead atoms. The maximum Gasteiger partial charge on any atom is 0.312 e. The van der Waals surface area contributed by atoms with E-state index in [0.29, 0.717) is 44.0 Å². The van der Waals surface area contributed by atoms with E-state index in [1.54, 1.807) is 0 Å². The number of halogens is 1. The van der Waals surface area contributed by atoms with Crippen LogP contribution < -0.4 is 0 Å². The highest BCUT2D eigenvalue weighted by Gasteiger charge is 2.44. The Labute approximate surface area is 179 Å². The third kappa shape index (κ3) is 5.32. The zero-order valence-electron chi connectivity index (χ0n) is 17.7. The van der Waals surface area contributed by atoms with Crippen molar-refractivity contribution in [3.63, 3.8) is 0 Å². The minimum Gasteiger partial charge on any atom is -0.466 e. The Morgan fingerprint density at radius 2 is 1.83 bits per heavy atom. The molecule has 5 nitrogen and oxygen atoms in total. The summed E-state index contributed by atoms with van der Waals surface area (Å²) < 4.78 is 5.45. The molecule has 3 rings (SSSR count). The fraction of sp³-hybridized carbons (Fsp3) is 0.652. The summed E-state index contributed by atoms with van der Waals surface area (Å²) in [7, 11) is 0. The third-order valence-electron chi connectivity index (χ3n) is 6.50. The van der Waals surface area contributed by atoms with Crippen molar-refractivity contribution in [2.24, 2.45) is 11.3 Å². The van der Waals surface area contributed by atoms with E-state index in [9.17, 15) is 9.59 Å². The van der Waals surface area contributed by atoms with Crippen LogP contribution >= 0.6 is 11.6 Å². The first kappa shape index (κ1) is 22.1. The number of ether oxygens (including phenoxy) is 1. The van der Waals surface area contributed by atoms with Crippen LogP contribution in [-0.4, -0.2) is 61.0 Å². The SMILES string of the molecule is CCOC(=O)C1(Cc2ccc(Cl)cc2)CCN(C(=O)[C@H]2CCCN(CC)C2)CC1. The van der Waals surface area contributed by atoms with Gasteiger partial charge in [-0.25, -0.2) is 0 Å². The van der Waals surface area contributed by atoms with Crippen molar-refractivity contribution < 1.29 is 14.3 Å². The molecule has 2 aliphatic rings. The first-order valence-corrected chi connectivity index (χ1v) is 11.3. The molecule has 0 aromatic heterocycles. The van der Waals surface area contributed by atoms with Gasteiger partial charge in [-0.15, -0.1) is 0 Å². The maximum atomic E-state index is 13.1. The van der Waals surface area contributed by atoms with Gasteiger partial charge < -0.3 is 14.5 Å². The van der Waals surface area contributed by atoms with Crippen molar-refractivity contribution in [1.82, 2.24) is 9.80 Å². The summed E-state index contributed by atoms with van der Waals surface area (Å²) >= 11 is 6.01. The molecule has 2 heterocycles. The quantitative estimate of drug-likeness (QED) is 0.657. The van der Waals surface area contributed by atoms with Crippen molar-refractivity contribution in [2.45, 2.75) is 46.0 Å². The first-order chi connectivity index (χ1) is 14.0. The van der Waals surface area contributed by atoms with E-state index >= 15 is 0 Å². The number of nitrogens with zero attached hydrogens (tertiary/aromatic N) is 2. The number of hydrogen-bond donors (Lipinski definition) is 0. The van der Waals surface area contributed by atoms with Crippen LogP contribution in [0.25, 0.3) is 0 Å². The minimum absolute atomic E-state index is 0.0926. The molecule has 1 amide bonds. The van der Waals surface area contributed by atoms with Crippen molar-refractivity contribution in [2.75, 3.05) is 39.3 Å². The Hall–Kier alpha value is -1.59. The van der Waals surface area contributed by atoms with Crippen molar-refractivity contribution in [3.05, 3.63) is 34.9 Å². The lowest BCUT2D eigenvalue weighted by Gasteiger charge is -2.42. The van der Waals surface area contributed by atoms with Gasteiger partial charge in [0, 0.05) is 24.7 Å². The molecule has 1 aromatic rings. The lowest BCUT2D eigenvalue weighted by atomic mass is 9.73. The van der Waals surface area contributed by atoms with Crippen molar-refractivity contribution in [3.8, 4) is 0 Å². The highest BCUT2D eigenvalue weighted by molar-refractivity contribution is 6.30. The molecule has 2 fully saturated rings. The largest absolute Gasteiger partial charge is 0.466 e. The molecule has 2 aliphatic heterocycles. The molecule has 0 aliphatic carbocycles. The second-order valence-corrected chi connectivity index (χ2v) is 8.80. The van der Waals surface area contributed by atoms with Crippen LogP contribution in [0.3, 0.4) is 0 Å². The second kappa shape index (κ2) is 9.94. The van der Waals surface area contributed by atoms with E-state index in [4.69, 9.17) is 16.3 Å². The van der Waals surface area contributed by atoms with E-state index in [1.807, 2.05) is 36.1 Å². The summed E-state index contributed by atoms with van der Waals surface area (Å²) in [4.78, 5) is 30.3. The monoisotopic (exact) mass is 420 g/mol. The van der Waals surface area contributed by atoms with Gasteiger partial charge >= 0.3 is 5.97 Å². The smallest absolute Gasteiger partial charge is 0.312 e. The number of carbonyl (C=O) groups excluding carboxylic acids is 2. The molecule has 29 heavy (non-hydrogen) atoms. The van der Waals surface area contributed by atoms with Gasteiger partial charge in [0.25, 0.3) is 0 Å². The fourth-order valence-corrected chi connectivity index (χ4v) is 4.81. The molecule has 2 saturated heterocycles. The average Bonchev–Trinajstić information content (AvgIpc) is 2.75. The van der Waals surface area contributed by atoms with Gasteiger partial charge in [0.1, 0.15) is 0 Å². The van der Waals surface area contributed by atoms with Crippen LogP contribution in [0.2, 0.25) is 5.02 Å². The zero-order chi connectivity index (χ0) is 20.9. The maximum absolute atomic E-state index is 13.1. The number of piperidine rings is 2. The number of carbonyl (C=O) groups is 2. The Morgan fingerprint density at radius 1 is 1.14 bits per heavy atom. The van der Waals surface area contributed by atoms with Gasteiger partial charge in [0.05, 0.1) is 17.9 Å². The number of esters is 1. The summed E-state index contributed by atoms with van der Waals surface area (Å²) in [5, 5.41) is 0.688. The highest BCUT2D eigenvalue weighted by atomic mass is 35.5. The fourth-order valence-electron chi connectivity index (χ4n) is 4.69. The van der Waals surface area contributed by atoms with E-state index in [2.05, 4.69) is 11.8 Å². The molecule has 0 N–H and O–H groups in total. The van der Waals surface area contributed by atoms with Gasteiger partial charge in [-0.3, -0.25) is 9.59 Å². The van der Waals surface area contributed by atoms with E-state index in [0.717, 1.165) is 38.0 Å². The molecule has 0 saturated carbocycles. The lowest BCUT2D eigenvalue weighted by Crippen LogP contribution is -2.51. The lowest BCUT2D eigenvalue weighted by molar-refractivity contribution is -0.161. The van der Waals surface area contributed by atoms with E-state index in [1.165, 1.54) is 0 Å². The second-order valence-electron chi connectivity index (χ2n) is 8.36. The van der Waals surface area contributed by atoms with Crippen molar-refractivity contribution >= 4 is 23.5 Å². The van der Waals surface area contributed by atoms with Crippen LogP contribution in [-0.2, 0) is 20.7 Å². The van der Waals surface area contributed by atoms with Gasteiger partial charge in [0.2, 0.25) is 5.91 Å². The summed E-state index contributed by atoms with van der Waals surface area (Å²) in [5.41, 5.74) is 0.510. The van der Waals surface area contributed by atoms with Crippen LogP contribution in [0.5, 0.6) is 0 Å². The predicted molar refractivity (Wildman–Crippen MR) is 115 cm³/mol. The normalized spacial score (nSPS) is 22.3. The molecule has 160 valence electrons. The standard InChI is InChI=1S/C23H33ClN2O3/c1-3-25-13-5-6-19(17-25)21(27)26-14-11-23(12-15-26,22(28)29-4-2)16-18-7-9-20(24)10-8-18/h7-10,19H,3-6,11-17H2,1-2H3/t19-/m0/s1. The predicted octanol–water partition coefficient (Wildman–Crippen LogP) is 3.79. The minimum atomic E-state index is -0.567. The Balaban J connectivity index is 1.67. The molecule has 0 spiro atoms. The Bertz CT molecular complexity index is 699. The summed E-state index contributed by atoms with van der Waals surface area (Å²) in [6.45, 7) is 8.55. The topological polar surface area (TPSA) is 49.9 Å². The number of hydrogen-bond acceptors (Lipinski definition) is 4. The van der Waals surface area contributed by atoms with Gasteiger partial charge in [-0.1, -0.05) is 30.7 Å². The molecule has 0 unspecified atom stereocenters. The molecule has 0 radical (unpaired) electrons. The molecule has 1 atom stereocenters. The number of benzene rings is 1. The van der Waals surface area contributed by atoms with Crippen LogP contribution in [0, 0.1) is 11.3 Å². The van der Waals surface area contributed by atoms with Crippen molar-refractivity contribution in [1.29, 1.82) is 0 Å².